The van der Waals surface area contributed by atoms with E-state index in [0.717, 1.165) is 24.7 Å². The molecule has 20 heavy (non-hydrogen) atoms. The molecule has 0 N–H and O–H groups in total. The Morgan fingerprint density at radius 3 is 1.55 bits per heavy atom. The van der Waals surface area contributed by atoms with E-state index in [1.165, 1.54) is 0 Å². The highest BCUT2D eigenvalue weighted by Gasteiger charge is 2.14. The van der Waals surface area contributed by atoms with Crippen molar-refractivity contribution in [3.05, 3.63) is 49.6 Å². The number of aromatic nitrogens is 4. The molecule has 0 fully saturated rings. The monoisotopic (exact) mass is 314 g/mol. The number of imidazole rings is 2. The van der Waals surface area contributed by atoms with Crippen molar-refractivity contribution in [1.82, 2.24) is 9.13 Å². The second-order valence-electron chi connectivity index (χ2n) is 4.33. The number of hydrogen-bond acceptors (Lipinski definition) is 0. The van der Waals surface area contributed by atoms with E-state index in [4.69, 9.17) is 0 Å². The van der Waals surface area contributed by atoms with E-state index < -0.39 is 0 Å². The Morgan fingerprint density at radius 2 is 1.25 bits per heavy atom. The summed E-state index contributed by atoms with van der Waals surface area (Å²) >= 11 is 0. The largest absolute Gasteiger partial charge is 1.00 e. The number of aryl methyl sites for hydroxylation is 4. The van der Waals surface area contributed by atoms with Crippen LogP contribution >= 0.6 is 0 Å². The van der Waals surface area contributed by atoms with Gasteiger partial charge in [-0.25, -0.2) is 18.3 Å². The van der Waals surface area contributed by atoms with Crippen molar-refractivity contribution in [1.29, 1.82) is 0 Å². The molecule has 0 saturated carbocycles. The van der Waals surface area contributed by atoms with Crippen LogP contribution in [-0.2, 0) is 27.2 Å². The van der Waals surface area contributed by atoms with E-state index in [0.29, 0.717) is 0 Å². The van der Waals surface area contributed by atoms with E-state index >= 15 is 0 Å². The molecule has 0 bridgehead atoms. The Labute approximate surface area is 132 Å². The maximum atomic E-state index is 3.85. The third-order valence-electron chi connectivity index (χ3n) is 3.20. The fraction of sp³-hybridized carbons (Fsp3) is 0.286. The fourth-order valence-corrected chi connectivity index (χ4v) is 2.19. The summed E-state index contributed by atoms with van der Waals surface area (Å²) in [5, 5.41) is 0. The maximum absolute atomic E-state index is 3.85. The lowest BCUT2D eigenvalue weighted by molar-refractivity contribution is -0.673. The molecule has 2 rings (SSSR count). The summed E-state index contributed by atoms with van der Waals surface area (Å²) in [4.78, 5) is 0. The van der Waals surface area contributed by atoms with Gasteiger partial charge in [-0.05, 0) is 0 Å². The van der Waals surface area contributed by atoms with Crippen LogP contribution in [0.4, 0.5) is 0 Å². The minimum atomic E-state index is 0. The molecular weight excluding hydrogens is 295 g/mol. The van der Waals surface area contributed by atoms with Crippen LogP contribution < -0.4 is 33.9 Å². The normalized spacial score (nSPS) is 9.50. The molecule has 110 valence electrons. The van der Waals surface area contributed by atoms with Gasteiger partial charge in [0, 0.05) is 12.2 Å². The predicted octanol–water partition coefficient (Wildman–Crippen LogP) is -5.07. The quantitative estimate of drug-likeness (QED) is 0.492. The topological polar surface area (TPSA) is 17.6 Å². The lowest BCUT2D eigenvalue weighted by Gasteiger charge is -1.99. The van der Waals surface area contributed by atoms with Crippen LogP contribution in [0.2, 0.25) is 0 Å². The van der Waals surface area contributed by atoms with Crippen molar-refractivity contribution in [3.8, 4) is 0 Å². The van der Waals surface area contributed by atoms with Crippen molar-refractivity contribution >= 4 is 12.2 Å². The number of rotatable bonds is 5. The molecular formula is C14H20Cl2N4. The van der Waals surface area contributed by atoms with Crippen LogP contribution in [0.15, 0.2) is 37.9 Å². The molecule has 2 heterocycles. The SMILES string of the molecule is C=Cc1n(CCn2cc[n+](C)c2C=C)cc[n+]1C.[Cl-].[Cl-]. The Kier molecular flexibility index (Phi) is 7.32. The van der Waals surface area contributed by atoms with Gasteiger partial charge in [0.15, 0.2) is 0 Å². The minimum Gasteiger partial charge on any atom is -1.00 e. The van der Waals surface area contributed by atoms with Crippen LogP contribution in [0.3, 0.4) is 0 Å². The summed E-state index contributed by atoms with van der Waals surface area (Å²) in [6.45, 7) is 9.53. The Balaban J connectivity index is 0.00000180. The van der Waals surface area contributed by atoms with E-state index in [2.05, 4.69) is 43.8 Å². The highest BCUT2D eigenvalue weighted by molar-refractivity contribution is 5.33. The van der Waals surface area contributed by atoms with E-state index in [9.17, 15) is 0 Å². The zero-order valence-electron chi connectivity index (χ0n) is 11.8. The molecule has 0 spiro atoms. The summed E-state index contributed by atoms with van der Waals surface area (Å²) in [7, 11) is 4.05. The average molecular weight is 315 g/mol. The van der Waals surface area contributed by atoms with Crippen LogP contribution in [0.25, 0.3) is 12.2 Å². The molecule has 2 aromatic heterocycles. The third-order valence-corrected chi connectivity index (χ3v) is 3.20. The Hall–Kier alpha value is -1.52. The zero-order chi connectivity index (χ0) is 13.1. The molecule has 0 saturated heterocycles. The van der Waals surface area contributed by atoms with Gasteiger partial charge in [-0.3, -0.25) is 0 Å². The zero-order valence-corrected chi connectivity index (χ0v) is 13.3. The highest BCUT2D eigenvalue weighted by Crippen LogP contribution is 2.01. The highest BCUT2D eigenvalue weighted by atomic mass is 35.5. The molecule has 0 aliphatic rings. The van der Waals surface area contributed by atoms with Gasteiger partial charge in [0.1, 0.15) is 37.9 Å². The molecule has 0 atom stereocenters. The van der Waals surface area contributed by atoms with Crippen molar-refractivity contribution in [2.75, 3.05) is 0 Å². The molecule has 0 aromatic carbocycles. The predicted molar refractivity (Wildman–Crippen MR) is 71.4 cm³/mol. The number of hydrogen-bond donors (Lipinski definition) is 0. The van der Waals surface area contributed by atoms with E-state index in [-0.39, 0.29) is 24.8 Å². The summed E-state index contributed by atoms with van der Waals surface area (Å²) in [5.74, 6) is 2.23. The van der Waals surface area contributed by atoms with Crippen LogP contribution in [-0.4, -0.2) is 9.13 Å². The molecule has 0 aliphatic heterocycles. The number of nitrogens with zero attached hydrogens (tertiary/aromatic N) is 4. The standard InChI is InChI=1S/C14H20N4.2ClH/c1-5-13-15(3)7-9-17(13)11-12-18-10-8-16(4)14(18)6-2;;/h5-10H,1-2,11-12H2,3-4H3;2*1H/q+2;;/p-2. The van der Waals surface area contributed by atoms with Gasteiger partial charge < -0.3 is 24.8 Å². The molecule has 0 unspecified atom stereocenters. The van der Waals surface area contributed by atoms with E-state index in [1.807, 2.05) is 38.6 Å². The Morgan fingerprint density at radius 1 is 0.900 bits per heavy atom. The lowest BCUT2D eigenvalue weighted by Crippen LogP contribution is -3.00. The van der Waals surface area contributed by atoms with Gasteiger partial charge in [0.05, 0.1) is 14.1 Å². The third kappa shape index (κ3) is 3.52. The lowest BCUT2D eigenvalue weighted by atomic mass is 10.5. The van der Waals surface area contributed by atoms with Gasteiger partial charge in [-0.1, -0.05) is 13.2 Å². The summed E-state index contributed by atoms with van der Waals surface area (Å²) in [6.07, 6.45) is 12.0. The molecule has 6 heteroatoms. The minimum absolute atomic E-state index is 0. The van der Waals surface area contributed by atoms with Crippen LogP contribution in [0, 0.1) is 0 Å². The summed E-state index contributed by atoms with van der Waals surface area (Å²) in [5.41, 5.74) is 0. The molecule has 0 aliphatic carbocycles. The van der Waals surface area contributed by atoms with Crippen molar-refractivity contribution in [2.24, 2.45) is 14.1 Å². The smallest absolute Gasteiger partial charge is 0.280 e. The first-order valence-corrected chi connectivity index (χ1v) is 6.01. The summed E-state index contributed by atoms with van der Waals surface area (Å²) in [6, 6.07) is 0. The average Bonchev–Trinajstić information content (AvgIpc) is 2.89. The van der Waals surface area contributed by atoms with Gasteiger partial charge in [0.25, 0.3) is 11.6 Å². The first-order chi connectivity index (χ1) is 8.67. The second kappa shape index (κ2) is 7.92. The maximum Gasteiger partial charge on any atom is 0.280 e. The van der Waals surface area contributed by atoms with Gasteiger partial charge in [0.2, 0.25) is 0 Å². The summed E-state index contributed by atoms with van der Waals surface area (Å²) < 4.78 is 8.52. The van der Waals surface area contributed by atoms with Gasteiger partial charge in [-0.15, -0.1) is 0 Å². The van der Waals surface area contributed by atoms with Crippen LogP contribution in [0.5, 0.6) is 0 Å². The van der Waals surface area contributed by atoms with E-state index in [1.54, 1.807) is 0 Å². The Bertz CT molecular complexity index is 532. The van der Waals surface area contributed by atoms with Crippen molar-refractivity contribution in [2.45, 2.75) is 13.1 Å². The van der Waals surface area contributed by atoms with Crippen LogP contribution in [0.1, 0.15) is 11.6 Å². The molecule has 4 nitrogen and oxygen atoms in total. The molecule has 0 amide bonds. The fourth-order valence-electron chi connectivity index (χ4n) is 2.19. The van der Waals surface area contributed by atoms with Gasteiger partial charge >= 0.3 is 0 Å². The van der Waals surface area contributed by atoms with Crippen molar-refractivity contribution in [3.63, 3.8) is 0 Å². The molecule has 0 radical (unpaired) electrons. The second-order valence-corrected chi connectivity index (χ2v) is 4.33. The number of halogens is 2. The first-order valence-electron chi connectivity index (χ1n) is 6.01. The van der Waals surface area contributed by atoms with Gasteiger partial charge in [-0.2, -0.15) is 0 Å². The first kappa shape index (κ1) is 18.5. The molecule has 2 aromatic rings. The van der Waals surface area contributed by atoms with Crippen molar-refractivity contribution < 1.29 is 33.9 Å².